The van der Waals surface area contributed by atoms with Crippen LogP contribution in [0.5, 0.6) is 5.75 Å². The number of carbonyl (C=O) groups excluding carboxylic acids is 2. The Hall–Kier alpha value is -3.40. The number of likely N-dealkylation sites (N-methyl/N-ethyl adjacent to an activating group) is 1. The molecule has 2 aromatic carbocycles. The van der Waals surface area contributed by atoms with E-state index in [2.05, 4.69) is 0 Å². The summed E-state index contributed by atoms with van der Waals surface area (Å²) >= 11 is 0. The Balaban J connectivity index is 1.82. The van der Waals surface area contributed by atoms with E-state index in [1.54, 1.807) is 31.2 Å². The normalized spacial score (nSPS) is 9.88. The van der Waals surface area contributed by atoms with Crippen molar-refractivity contribution in [3.8, 4) is 11.8 Å². The maximum atomic E-state index is 13.0. The lowest BCUT2D eigenvalue weighted by molar-refractivity contribution is -0.149. The van der Waals surface area contributed by atoms with E-state index in [9.17, 15) is 14.0 Å². The van der Waals surface area contributed by atoms with E-state index in [1.807, 2.05) is 6.07 Å². The van der Waals surface area contributed by atoms with Crippen molar-refractivity contribution in [3.05, 3.63) is 59.9 Å². The third-order valence-corrected chi connectivity index (χ3v) is 3.45. The van der Waals surface area contributed by atoms with Crippen LogP contribution < -0.4 is 9.64 Å². The van der Waals surface area contributed by atoms with Crippen molar-refractivity contribution >= 4 is 17.6 Å². The van der Waals surface area contributed by atoms with Gasteiger partial charge in [-0.25, -0.2) is 9.18 Å². The van der Waals surface area contributed by atoms with E-state index in [0.29, 0.717) is 23.5 Å². The SMILES string of the molecule is CCN(C(=O)COC(=O)COc1ccc(C#N)cc1)c1ccc(F)cc1. The van der Waals surface area contributed by atoms with Crippen LogP contribution in [0.3, 0.4) is 0 Å². The van der Waals surface area contributed by atoms with Gasteiger partial charge in [-0.2, -0.15) is 5.26 Å². The maximum Gasteiger partial charge on any atom is 0.344 e. The Kier molecular flexibility index (Phi) is 6.68. The highest BCUT2D eigenvalue weighted by Gasteiger charge is 2.16. The number of nitriles is 1. The van der Waals surface area contributed by atoms with Crippen LogP contribution in [0, 0.1) is 17.1 Å². The van der Waals surface area contributed by atoms with E-state index in [4.69, 9.17) is 14.7 Å². The summed E-state index contributed by atoms with van der Waals surface area (Å²) in [5.74, 6) is -1.11. The van der Waals surface area contributed by atoms with Gasteiger partial charge in [0.2, 0.25) is 0 Å². The number of halogens is 1. The van der Waals surface area contributed by atoms with Crippen LogP contribution in [0.1, 0.15) is 12.5 Å². The summed E-state index contributed by atoms with van der Waals surface area (Å²) in [5.41, 5.74) is 0.995. The lowest BCUT2D eigenvalue weighted by Gasteiger charge is -2.20. The van der Waals surface area contributed by atoms with E-state index >= 15 is 0 Å². The third kappa shape index (κ3) is 5.31. The summed E-state index contributed by atoms with van der Waals surface area (Å²) in [6, 6.07) is 13.7. The minimum absolute atomic E-state index is 0.351. The minimum Gasteiger partial charge on any atom is -0.482 e. The molecule has 1 amide bonds. The Morgan fingerprint density at radius 1 is 1.08 bits per heavy atom. The molecule has 0 bridgehead atoms. The van der Waals surface area contributed by atoms with Crippen LogP contribution in [-0.4, -0.2) is 31.6 Å². The van der Waals surface area contributed by atoms with Gasteiger partial charge in [-0.05, 0) is 55.5 Å². The van der Waals surface area contributed by atoms with E-state index in [0.717, 1.165) is 0 Å². The number of anilines is 1. The second kappa shape index (κ2) is 9.18. The van der Waals surface area contributed by atoms with Crippen LogP contribution in [0.15, 0.2) is 48.5 Å². The first-order chi connectivity index (χ1) is 12.5. The molecule has 0 aliphatic heterocycles. The fourth-order valence-electron chi connectivity index (χ4n) is 2.15. The number of rotatable bonds is 7. The van der Waals surface area contributed by atoms with Gasteiger partial charge in [-0.3, -0.25) is 4.79 Å². The monoisotopic (exact) mass is 356 g/mol. The molecule has 0 radical (unpaired) electrons. The van der Waals surface area contributed by atoms with Gasteiger partial charge < -0.3 is 14.4 Å². The molecule has 6 nitrogen and oxygen atoms in total. The number of hydrogen-bond donors (Lipinski definition) is 0. The van der Waals surface area contributed by atoms with Gasteiger partial charge in [0.05, 0.1) is 11.6 Å². The zero-order valence-corrected chi connectivity index (χ0v) is 14.1. The van der Waals surface area contributed by atoms with Crippen molar-refractivity contribution in [2.75, 3.05) is 24.7 Å². The fourth-order valence-corrected chi connectivity index (χ4v) is 2.15. The van der Waals surface area contributed by atoms with Crippen LogP contribution in [0.4, 0.5) is 10.1 Å². The predicted molar refractivity (Wildman–Crippen MR) is 92.0 cm³/mol. The molecule has 0 heterocycles. The summed E-state index contributed by atoms with van der Waals surface area (Å²) in [7, 11) is 0. The maximum absolute atomic E-state index is 13.0. The fraction of sp³-hybridized carbons (Fsp3) is 0.211. The number of amides is 1. The molecule has 2 aromatic rings. The summed E-state index contributed by atoms with van der Waals surface area (Å²) in [4.78, 5) is 25.3. The van der Waals surface area contributed by atoms with Gasteiger partial charge in [0, 0.05) is 12.2 Å². The van der Waals surface area contributed by atoms with Crippen molar-refractivity contribution in [1.29, 1.82) is 5.26 Å². The smallest absolute Gasteiger partial charge is 0.344 e. The average Bonchev–Trinajstić information content (AvgIpc) is 2.67. The lowest BCUT2D eigenvalue weighted by atomic mass is 10.2. The zero-order chi connectivity index (χ0) is 18.9. The van der Waals surface area contributed by atoms with Crippen molar-refractivity contribution in [2.24, 2.45) is 0 Å². The van der Waals surface area contributed by atoms with Gasteiger partial charge in [-0.15, -0.1) is 0 Å². The highest BCUT2D eigenvalue weighted by molar-refractivity contribution is 5.95. The van der Waals surface area contributed by atoms with Crippen LogP contribution in [-0.2, 0) is 14.3 Å². The lowest BCUT2D eigenvalue weighted by Crippen LogP contribution is -2.35. The molecule has 2 rings (SSSR count). The Morgan fingerprint density at radius 3 is 2.31 bits per heavy atom. The molecule has 0 aliphatic rings. The standard InChI is InChI=1S/C19H17FN2O4/c1-2-22(16-7-5-15(20)6-8-16)18(23)12-26-19(24)13-25-17-9-3-14(11-21)4-10-17/h3-10H,2,12-13H2,1H3. The summed E-state index contributed by atoms with van der Waals surface area (Å²) in [6.07, 6.45) is 0. The number of esters is 1. The molecule has 0 spiro atoms. The predicted octanol–water partition coefficient (Wildman–Crippen LogP) is 2.67. The van der Waals surface area contributed by atoms with Gasteiger partial charge in [0.25, 0.3) is 5.91 Å². The molecule has 7 heteroatoms. The summed E-state index contributed by atoms with van der Waals surface area (Å²) in [6.45, 7) is 1.31. The van der Waals surface area contributed by atoms with Crippen molar-refractivity contribution in [2.45, 2.75) is 6.92 Å². The van der Waals surface area contributed by atoms with Crippen LogP contribution >= 0.6 is 0 Å². The van der Waals surface area contributed by atoms with Crippen molar-refractivity contribution in [3.63, 3.8) is 0 Å². The number of benzene rings is 2. The summed E-state index contributed by atoms with van der Waals surface area (Å²) in [5, 5.41) is 8.71. The second-order valence-electron chi connectivity index (χ2n) is 5.20. The van der Waals surface area contributed by atoms with Crippen LogP contribution in [0.25, 0.3) is 0 Å². The van der Waals surface area contributed by atoms with Gasteiger partial charge in [0.1, 0.15) is 11.6 Å². The Bertz CT molecular complexity index is 798. The number of ether oxygens (including phenoxy) is 2. The first-order valence-corrected chi connectivity index (χ1v) is 7.88. The van der Waals surface area contributed by atoms with Crippen molar-refractivity contribution in [1.82, 2.24) is 0 Å². The average molecular weight is 356 g/mol. The molecule has 0 saturated carbocycles. The number of hydrogen-bond acceptors (Lipinski definition) is 5. The highest BCUT2D eigenvalue weighted by Crippen LogP contribution is 2.15. The zero-order valence-electron chi connectivity index (χ0n) is 14.1. The number of nitrogens with zero attached hydrogens (tertiary/aromatic N) is 2. The molecule has 0 N–H and O–H groups in total. The van der Waals surface area contributed by atoms with Crippen molar-refractivity contribution < 1.29 is 23.5 Å². The third-order valence-electron chi connectivity index (χ3n) is 3.45. The molecule has 134 valence electrons. The first-order valence-electron chi connectivity index (χ1n) is 7.88. The molecule has 26 heavy (non-hydrogen) atoms. The molecule has 0 aromatic heterocycles. The molecular formula is C19H17FN2O4. The van der Waals surface area contributed by atoms with Crippen LogP contribution in [0.2, 0.25) is 0 Å². The Morgan fingerprint density at radius 2 is 1.73 bits per heavy atom. The van der Waals surface area contributed by atoms with E-state index < -0.39 is 24.3 Å². The quantitative estimate of drug-likeness (QED) is 0.713. The number of carbonyl (C=O) groups is 2. The molecule has 0 unspecified atom stereocenters. The molecule has 0 saturated heterocycles. The molecule has 0 fully saturated rings. The second-order valence-corrected chi connectivity index (χ2v) is 5.20. The Labute approximate surface area is 150 Å². The van der Waals surface area contributed by atoms with E-state index in [1.165, 1.54) is 29.2 Å². The first kappa shape index (κ1) is 18.9. The van der Waals surface area contributed by atoms with Gasteiger partial charge in [0.15, 0.2) is 13.2 Å². The van der Waals surface area contributed by atoms with E-state index in [-0.39, 0.29) is 6.61 Å². The van der Waals surface area contributed by atoms with Gasteiger partial charge in [-0.1, -0.05) is 0 Å². The molecule has 0 atom stereocenters. The molecule has 0 aliphatic carbocycles. The van der Waals surface area contributed by atoms with Gasteiger partial charge >= 0.3 is 5.97 Å². The minimum atomic E-state index is -0.696. The highest BCUT2D eigenvalue weighted by atomic mass is 19.1. The largest absolute Gasteiger partial charge is 0.482 e. The summed E-state index contributed by atoms with van der Waals surface area (Å²) < 4.78 is 23.1. The topological polar surface area (TPSA) is 79.6 Å². The molecular weight excluding hydrogens is 339 g/mol.